The highest BCUT2D eigenvalue weighted by Crippen LogP contribution is 2.22. The summed E-state index contributed by atoms with van der Waals surface area (Å²) in [7, 11) is 0. The van der Waals surface area contributed by atoms with Crippen LogP contribution in [0, 0.1) is 0 Å². The Balaban J connectivity index is 1.97. The van der Waals surface area contributed by atoms with Crippen LogP contribution in [0.15, 0.2) is 36.7 Å². The van der Waals surface area contributed by atoms with Crippen molar-refractivity contribution < 1.29 is 0 Å². The second kappa shape index (κ2) is 4.07. The fraction of sp³-hybridized carbons (Fsp3) is 0. The number of hydrogen-bond acceptors (Lipinski definition) is 6. The molecule has 2 heterocycles. The van der Waals surface area contributed by atoms with Crippen molar-refractivity contribution in [2.45, 2.75) is 0 Å². The predicted octanol–water partition coefficient (Wildman–Crippen LogP) is 2.72. The third kappa shape index (κ3) is 1.72. The first kappa shape index (κ1) is 9.56. The summed E-state index contributed by atoms with van der Waals surface area (Å²) in [5.74, 6) is 0. The minimum Gasteiger partial charge on any atom is -0.181 e. The first-order chi connectivity index (χ1) is 7.93. The third-order valence-electron chi connectivity index (χ3n) is 2.20. The lowest BCUT2D eigenvalue weighted by molar-refractivity contribution is 1.47. The van der Waals surface area contributed by atoms with Crippen molar-refractivity contribution in [3.63, 3.8) is 0 Å². The van der Waals surface area contributed by atoms with Crippen LogP contribution in [-0.4, -0.2) is 17.5 Å². The van der Waals surface area contributed by atoms with Gasteiger partial charge in [0, 0.05) is 11.1 Å². The van der Waals surface area contributed by atoms with Crippen LogP contribution in [-0.2, 0) is 0 Å². The van der Waals surface area contributed by atoms with Crippen molar-refractivity contribution in [3.05, 3.63) is 36.7 Å². The zero-order chi connectivity index (χ0) is 10.8. The van der Waals surface area contributed by atoms with Gasteiger partial charge in [-0.2, -0.15) is 17.5 Å². The van der Waals surface area contributed by atoms with E-state index in [1.807, 2.05) is 24.3 Å². The molecule has 0 aliphatic carbocycles. The van der Waals surface area contributed by atoms with Gasteiger partial charge in [0.1, 0.15) is 11.4 Å². The molecule has 0 saturated heterocycles. The summed E-state index contributed by atoms with van der Waals surface area (Å²) in [5, 5.41) is 0. The van der Waals surface area contributed by atoms with Gasteiger partial charge in [-0.15, -0.1) is 0 Å². The third-order valence-corrected chi connectivity index (χ3v) is 3.16. The van der Waals surface area contributed by atoms with Crippen LogP contribution in [0.5, 0.6) is 0 Å². The summed E-state index contributed by atoms with van der Waals surface area (Å²) >= 11 is 2.43. The molecule has 4 nitrogen and oxygen atoms in total. The molecule has 0 radical (unpaired) electrons. The van der Waals surface area contributed by atoms with Crippen molar-refractivity contribution in [1.82, 2.24) is 17.5 Å². The van der Waals surface area contributed by atoms with E-state index in [0.717, 1.165) is 22.5 Å². The van der Waals surface area contributed by atoms with Crippen LogP contribution in [0.3, 0.4) is 0 Å². The molecule has 0 saturated carbocycles. The van der Waals surface area contributed by atoms with Gasteiger partial charge in [0.2, 0.25) is 0 Å². The molecule has 0 aliphatic heterocycles. The van der Waals surface area contributed by atoms with Gasteiger partial charge in [-0.05, 0) is 0 Å². The van der Waals surface area contributed by atoms with E-state index in [9.17, 15) is 0 Å². The minimum absolute atomic E-state index is 0.910. The zero-order valence-corrected chi connectivity index (χ0v) is 9.70. The molecule has 6 heteroatoms. The highest BCUT2D eigenvalue weighted by Gasteiger charge is 2.03. The Morgan fingerprint density at radius 2 is 1.12 bits per heavy atom. The van der Waals surface area contributed by atoms with Crippen LogP contribution in [0.1, 0.15) is 0 Å². The molecule has 1 aromatic carbocycles. The lowest BCUT2D eigenvalue weighted by Gasteiger charge is -1.98. The Morgan fingerprint density at radius 1 is 0.688 bits per heavy atom. The summed E-state index contributed by atoms with van der Waals surface area (Å²) < 4.78 is 16.3. The maximum absolute atomic E-state index is 4.18. The maximum Gasteiger partial charge on any atom is 0.104 e. The number of aromatic nitrogens is 4. The molecule has 3 rings (SSSR count). The van der Waals surface area contributed by atoms with Crippen LogP contribution in [0.25, 0.3) is 22.5 Å². The SMILES string of the molecule is c1cc(-c2cnsn2)ccc1-c1cnsn1. The molecular formula is C10H6N4S2. The van der Waals surface area contributed by atoms with Gasteiger partial charge < -0.3 is 0 Å². The fourth-order valence-corrected chi connectivity index (χ4v) is 2.26. The maximum atomic E-state index is 4.18. The van der Waals surface area contributed by atoms with Crippen molar-refractivity contribution >= 4 is 23.5 Å². The molecule has 0 bridgehead atoms. The summed E-state index contributed by atoms with van der Waals surface area (Å²) in [6.45, 7) is 0. The van der Waals surface area contributed by atoms with Gasteiger partial charge in [0.15, 0.2) is 0 Å². The van der Waals surface area contributed by atoms with E-state index >= 15 is 0 Å². The molecule has 0 unspecified atom stereocenters. The van der Waals surface area contributed by atoms with Gasteiger partial charge in [-0.3, -0.25) is 0 Å². The first-order valence-corrected chi connectivity index (χ1v) is 6.05. The van der Waals surface area contributed by atoms with Crippen LogP contribution >= 0.6 is 23.5 Å². The van der Waals surface area contributed by atoms with Crippen molar-refractivity contribution in [2.75, 3.05) is 0 Å². The van der Waals surface area contributed by atoms with E-state index in [4.69, 9.17) is 0 Å². The lowest BCUT2D eigenvalue weighted by atomic mass is 10.1. The van der Waals surface area contributed by atoms with Gasteiger partial charge >= 0.3 is 0 Å². The van der Waals surface area contributed by atoms with Crippen molar-refractivity contribution in [3.8, 4) is 22.5 Å². The van der Waals surface area contributed by atoms with E-state index in [0.29, 0.717) is 0 Å². The Labute approximate surface area is 100 Å². The van der Waals surface area contributed by atoms with E-state index in [-0.39, 0.29) is 0 Å². The molecule has 0 spiro atoms. The van der Waals surface area contributed by atoms with Crippen LogP contribution < -0.4 is 0 Å². The van der Waals surface area contributed by atoms with Crippen LogP contribution in [0.4, 0.5) is 0 Å². The highest BCUT2D eigenvalue weighted by atomic mass is 32.1. The van der Waals surface area contributed by atoms with Crippen molar-refractivity contribution in [1.29, 1.82) is 0 Å². The van der Waals surface area contributed by atoms with E-state index in [1.54, 1.807) is 12.4 Å². The molecular weight excluding hydrogens is 240 g/mol. The molecule has 78 valence electrons. The van der Waals surface area contributed by atoms with Crippen LogP contribution in [0.2, 0.25) is 0 Å². The largest absolute Gasteiger partial charge is 0.181 e. The number of rotatable bonds is 2. The molecule has 0 fully saturated rings. The standard InChI is InChI=1S/C10H6N4S2/c1-2-8(10-6-12-16-14-10)4-3-7(1)9-5-11-15-13-9/h1-6H. The van der Waals surface area contributed by atoms with Gasteiger partial charge in [0.05, 0.1) is 35.9 Å². The Bertz CT molecular complexity index is 504. The Morgan fingerprint density at radius 3 is 1.44 bits per heavy atom. The molecule has 2 aromatic heterocycles. The van der Waals surface area contributed by atoms with E-state index in [1.165, 1.54) is 23.5 Å². The molecule has 0 N–H and O–H groups in total. The first-order valence-electron chi connectivity index (χ1n) is 4.59. The fourth-order valence-electron chi connectivity index (χ4n) is 1.40. The summed E-state index contributed by atoms with van der Waals surface area (Å²) in [4.78, 5) is 0. The van der Waals surface area contributed by atoms with Gasteiger partial charge in [-0.1, -0.05) is 24.3 Å². The van der Waals surface area contributed by atoms with Crippen molar-refractivity contribution in [2.24, 2.45) is 0 Å². The topological polar surface area (TPSA) is 51.6 Å². The summed E-state index contributed by atoms with van der Waals surface area (Å²) in [6.07, 6.45) is 3.54. The normalized spacial score (nSPS) is 10.5. The summed E-state index contributed by atoms with van der Waals surface area (Å²) in [6, 6.07) is 8.08. The quantitative estimate of drug-likeness (QED) is 0.697. The number of benzene rings is 1. The number of nitrogens with zero attached hydrogens (tertiary/aromatic N) is 4. The molecule has 0 aliphatic rings. The smallest absolute Gasteiger partial charge is 0.104 e. The lowest BCUT2D eigenvalue weighted by Crippen LogP contribution is -1.79. The molecule has 3 aromatic rings. The molecule has 0 amide bonds. The Hall–Kier alpha value is -1.66. The van der Waals surface area contributed by atoms with Gasteiger partial charge in [0.25, 0.3) is 0 Å². The second-order valence-electron chi connectivity index (χ2n) is 3.16. The minimum atomic E-state index is 0.910. The van der Waals surface area contributed by atoms with E-state index in [2.05, 4.69) is 17.5 Å². The average Bonchev–Trinajstić information content (AvgIpc) is 3.03. The Kier molecular flexibility index (Phi) is 2.43. The monoisotopic (exact) mass is 246 g/mol. The zero-order valence-electron chi connectivity index (χ0n) is 8.07. The summed E-state index contributed by atoms with van der Waals surface area (Å²) in [5.41, 5.74) is 3.96. The average molecular weight is 246 g/mol. The predicted molar refractivity (Wildman–Crippen MR) is 64.2 cm³/mol. The number of hydrogen-bond donors (Lipinski definition) is 0. The van der Waals surface area contributed by atoms with E-state index < -0.39 is 0 Å². The molecule has 16 heavy (non-hydrogen) atoms. The molecule has 0 atom stereocenters. The second-order valence-corrected chi connectivity index (χ2v) is 4.28. The van der Waals surface area contributed by atoms with Gasteiger partial charge in [-0.25, -0.2) is 0 Å². The highest BCUT2D eigenvalue weighted by molar-refractivity contribution is 6.99.